The summed E-state index contributed by atoms with van der Waals surface area (Å²) in [4.78, 5) is 36.8. The van der Waals surface area contributed by atoms with Crippen molar-refractivity contribution < 1.29 is 24.6 Å². The lowest BCUT2D eigenvalue weighted by Crippen LogP contribution is -2.32. The van der Waals surface area contributed by atoms with Gasteiger partial charge in [-0.15, -0.1) is 0 Å². The number of aromatic amines is 1. The fraction of sp³-hybridized carbons (Fsp3) is 0.312. The first kappa shape index (κ1) is 17.6. The maximum absolute atomic E-state index is 12.3. The average molecular weight is 333 g/mol. The van der Waals surface area contributed by atoms with Crippen LogP contribution in [0.3, 0.4) is 0 Å². The van der Waals surface area contributed by atoms with Crippen molar-refractivity contribution in [2.45, 2.75) is 31.3 Å². The van der Waals surface area contributed by atoms with Crippen LogP contribution < -0.4 is 11.5 Å². The molecule has 24 heavy (non-hydrogen) atoms. The quantitative estimate of drug-likeness (QED) is 0.439. The Labute approximate surface area is 137 Å². The summed E-state index contributed by atoms with van der Waals surface area (Å²) in [5.74, 6) is -2.47. The molecule has 2 rings (SSSR count). The third kappa shape index (κ3) is 3.98. The minimum Gasteiger partial charge on any atom is -0.481 e. The summed E-state index contributed by atoms with van der Waals surface area (Å²) in [6.45, 7) is 0. The molecule has 1 heterocycles. The minimum atomic E-state index is -1.10. The van der Waals surface area contributed by atoms with Crippen molar-refractivity contribution >= 4 is 28.6 Å². The summed E-state index contributed by atoms with van der Waals surface area (Å²) in [5, 5.41) is 18.3. The first-order valence-corrected chi connectivity index (χ1v) is 7.39. The summed E-state index contributed by atoms with van der Waals surface area (Å²) in [6, 6.07) is 2.98. The van der Waals surface area contributed by atoms with Gasteiger partial charge >= 0.3 is 11.9 Å². The van der Waals surface area contributed by atoms with Gasteiger partial charge in [0.25, 0.3) is 0 Å². The van der Waals surface area contributed by atoms with Crippen molar-refractivity contribution in [3.63, 3.8) is 0 Å². The lowest BCUT2D eigenvalue weighted by molar-refractivity contribution is -0.139. The van der Waals surface area contributed by atoms with Crippen molar-refractivity contribution in [3.8, 4) is 0 Å². The lowest BCUT2D eigenvalue weighted by Gasteiger charge is -2.10. The summed E-state index contributed by atoms with van der Waals surface area (Å²) in [6.07, 6.45) is 1.65. The van der Waals surface area contributed by atoms with Crippen LogP contribution in [0.1, 0.15) is 28.8 Å². The number of carboxylic acids is 2. The maximum Gasteiger partial charge on any atom is 0.320 e. The molecule has 0 radical (unpaired) electrons. The number of ketones is 1. The van der Waals surface area contributed by atoms with Crippen LogP contribution in [0.15, 0.2) is 24.4 Å². The van der Waals surface area contributed by atoms with E-state index in [1.54, 1.807) is 24.4 Å². The van der Waals surface area contributed by atoms with Crippen molar-refractivity contribution in [1.29, 1.82) is 0 Å². The Bertz CT molecular complexity index is 783. The number of fused-ring (bicyclic) bond motifs is 1. The molecule has 0 aliphatic heterocycles. The van der Waals surface area contributed by atoms with Gasteiger partial charge in [0.15, 0.2) is 5.78 Å². The van der Waals surface area contributed by atoms with Gasteiger partial charge in [-0.1, -0.05) is 0 Å². The zero-order valence-electron chi connectivity index (χ0n) is 12.9. The molecule has 0 spiro atoms. The van der Waals surface area contributed by atoms with Crippen LogP contribution in [0.2, 0.25) is 0 Å². The zero-order valence-corrected chi connectivity index (χ0v) is 12.9. The van der Waals surface area contributed by atoms with Crippen LogP contribution in [0, 0.1) is 0 Å². The topological polar surface area (TPSA) is 160 Å². The van der Waals surface area contributed by atoms with E-state index in [0.29, 0.717) is 16.5 Å². The van der Waals surface area contributed by atoms with Crippen molar-refractivity contribution in [2.24, 2.45) is 11.5 Å². The predicted molar refractivity (Wildman–Crippen MR) is 86.8 cm³/mol. The van der Waals surface area contributed by atoms with E-state index in [4.69, 9.17) is 21.7 Å². The van der Waals surface area contributed by atoms with Crippen LogP contribution in [0.5, 0.6) is 0 Å². The molecule has 1 aromatic carbocycles. The highest BCUT2D eigenvalue weighted by atomic mass is 16.4. The number of Topliss-reactive ketones (excluding diaryl/α,β-unsaturated/α-hetero) is 1. The van der Waals surface area contributed by atoms with Crippen LogP contribution in [0.4, 0.5) is 0 Å². The standard InChI is InChI=1S/C16H19N3O5/c17-11(2-4-14(20)21)15(22)8-1-3-13-10(5-8)9(7-19-13)6-12(18)16(23)24/h1,3,5,7,11-12,19H,2,4,6,17-18H2,(H,20,21)(H,23,24)/t11-,12-/m0/s1. The number of nitrogens with one attached hydrogen (secondary N) is 1. The molecule has 0 fully saturated rings. The van der Waals surface area contributed by atoms with E-state index >= 15 is 0 Å². The van der Waals surface area contributed by atoms with E-state index in [-0.39, 0.29) is 25.0 Å². The third-order valence-electron chi connectivity index (χ3n) is 3.81. The summed E-state index contributed by atoms with van der Waals surface area (Å²) < 4.78 is 0. The van der Waals surface area contributed by atoms with Crippen LogP contribution in [-0.4, -0.2) is 45.0 Å². The highest BCUT2D eigenvalue weighted by Crippen LogP contribution is 2.22. The second-order valence-corrected chi connectivity index (χ2v) is 5.63. The number of carbonyl (C=O) groups excluding carboxylic acids is 1. The average Bonchev–Trinajstić information content (AvgIpc) is 2.93. The number of benzene rings is 1. The molecule has 0 saturated carbocycles. The van der Waals surface area contributed by atoms with Gasteiger partial charge in [0, 0.05) is 35.5 Å². The Morgan fingerprint density at radius 3 is 2.46 bits per heavy atom. The highest BCUT2D eigenvalue weighted by Gasteiger charge is 2.19. The smallest absolute Gasteiger partial charge is 0.320 e. The Kier molecular flexibility index (Phi) is 5.32. The van der Waals surface area contributed by atoms with E-state index in [0.717, 1.165) is 5.52 Å². The van der Waals surface area contributed by atoms with Crippen molar-refractivity contribution in [3.05, 3.63) is 35.5 Å². The molecule has 7 N–H and O–H groups in total. The third-order valence-corrected chi connectivity index (χ3v) is 3.81. The van der Waals surface area contributed by atoms with Crippen molar-refractivity contribution in [2.75, 3.05) is 0 Å². The van der Waals surface area contributed by atoms with Gasteiger partial charge in [0.2, 0.25) is 0 Å². The van der Waals surface area contributed by atoms with Crippen molar-refractivity contribution in [1.82, 2.24) is 4.98 Å². The SMILES string of the molecule is N[C@@H](Cc1c[nH]c2ccc(C(=O)[C@@H](N)CCC(=O)O)cc12)C(=O)O. The number of hydrogen-bond acceptors (Lipinski definition) is 5. The molecule has 8 nitrogen and oxygen atoms in total. The normalized spacial score (nSPS) is 13.6. The number of carbonyl (C=O) groups is 3. The molecular weight excluding hydrogens is 314 g/mol. The number of aliphatic carboxylic acids is 2. The largest absolute Gasteiger partial charge is 0.481 e. The Morgan fingerprint density at radius 1 is 1.12 bits per heavy atom. The van der Waals surface area contributed by atoms with E-state index in [9.17, 15) is 14.4 Å². The number of hydrogen-bond donors (Lipinski definition) is 5. The molecule has 0 bridgehead atoms. The van der Waals surface area contributed by atoms with Gasteiger partial charge in [-0.2, -0.15) is 0 Å². The zero-order chi connectivity index (χ0) is 17.9. The first-order chi connectivity index (χ1) is 11.3. The molecule has 2 atom stereocenters. The molecule has 2 aromatic rings. The Hall–Kier alpha value is -2.71. The number of nitrogens with two attached hydrogens (primary N) is 2. The van der Waals surface area contributed by atoms with Crippen LogP contribution in [0.25, 0.3) is 10.9 Å². The Balaban J connectivity index is 2.24. The summed E-state index contributed by atoms with van der Waals surface area (Å²) >= 11 is 0. The Morgan fingerprint density at radius 2 is 1.83 bits per heavy atom. The fourth-order valence-electron chi connectivity index (χ4n) is 2.45. The van der Waals surface area contributed by atoms with Gasteiger partial charge in [0.05, 0.1) is 6.04 Å². The molecule has 0 unspecified atom stereocenters. The van der Waals surface area contributed by atoms with E-state index in [1.807, 2.05) is 0 Å². The molecule has 0 amide bonds. The number of aromatic nitrogens is 1. The molecule has 1 aromatic heterocycles. The number of rotatable bonds is 8. The molecule has 0 aliphatic rings. The monoisotopic (exact) mass is 333 g/mol. The fourth-order valence-corrected chi connectivity index (χ4v) is 2.45. The second kappa shape index (κ2) is 7.24. The van der Waals surface area contributed by atoms with E-state index in [2.05, 4.69) is 4.98 Å². The lowest BCUT2D eigenvalue weighted by atomic mass is 9.98. The van der Waals surface area contributed by atoms with Crippen LogP contribution in [-0.2, 0) is 16.0 Å². The molecule has 128 valence electrons. The highest BCUT2D eigenvalue weighted by molar-refractivity contribution is 6.03. The van der Waals surface area contributed by atoms with Gasteiger partial charge < -0.3 is 26.7 Å². The van der Waals surface area contributed by atoms with E-state index in [1.165, 1.54) is 0 Å². The summed E-state index contributed by atoms with van der Waals surface area (Å²) in [7, 11) is 0. The summed E-state index contributed by atoms with van der Waals surface area (Å²) in [5.41, 5.74) is 13.1. The van der Waals surface area contributed by atoms with Gasteiger partial charge in [-0.25, -0.2) is 0 Å². The molecular formula is C16H19N3O5. The van der Waals surface area contributed by atoms with Gasteiger partial charge in [-0.05, 0) is 30.2 Å². The maximum atomic E-state index is 12.3. The minimum absolute atomic E-state index is 0.0517. The predicted octanol–water partition coefficient (Wildman–Crippen LogP) is 0.497. The second-order valence-electron chi connectivity index (χ2n) is 5.63. The molecule has 0 aliphatic carbocycles. The van der Waals surface area contributed by atoms with Gasteiger partial charge in [0.1, 0.15) is 6.04 Å². The number of H-pyrrole nitrogens is 1. The first-order valence-electron chi connectivity index (χ1n) is 7.39. The van der Waals surface area contributed by atoms with Crippen LogP contribution >= 0.6 is 0 Å². The number of carboxylic acid groups (broad SMARTS) is 2. The van der Waals surface area contributed by atoms with Gasteiger partial charge in [-0.3, -0.25) is 14.4 Å². The molecule has 0 saturated heterocycles. The van der Waals surface area contributed by atoms with E-state index < -0.39 is 24.0 Å². The molecule has 8 heteroatoms.